The second-order valence-corrected chi connectivity index (χ2v) is 5.48. The zero-order valence-corrected chi connectivity index (χ0v) is 13.4. The predicted molar refractivity (Wildman–Crippen MR) is 94.2 cm³/mol. The van der Waals surface area contributed by atoms with Crippen LogP contribution in [0.5, 0.6) is 0 Å². The van der Waals surface area contributed by atoms with E-state index in [1.807, 2.05) is 62.4 Å². The van der Waals surface area contributed by atoms with E-state index in [4.69, 9.17) is 23.8 Å². The maximum atomic E-state index is 5.86. The molecular weight excluding hydrogens is 302 g/mol. The minimum Gasteiger partial charge on any atom is -0.331 e. The summed E-state index contributed by atoms with van der Waals surface area (Å²) in [6.45, 7) is 3.95. The topological polar surface area (TPSA) is 36.4 Å². The Balaban J connectivity index is 1.94. The van der Waals surface area contributed by atoms with Crippen molar-refractivity contribution in [2.75, 3.05) is 5.32 Å². The van der Waals surface area contributed by atoms with E-state index in [1.165, 1.54) is 5.56 Å². The van der Waals surface area contributed by atoms with Crippen molar-refractivity contribution >= 4 is 40.3 Å². The van der Waals surface area contributed by atoms with Gasteiger partial charge in [-0.05, 0) is 55.9 Å². The highest BCUT2D eigenvalue weighted by atomic mass is 35.5. The van der Waals surface area contributed by atoms with Crippen LogP contribution in [0.25, 0.3) is 0 Å². The second kappa shape index (κ2) is 7.20. The second-order valence-electron chi connectivity index (χ2n) is 4.64. The van der Waals surface area contributed by atoms with Gasteiger partial charge in [-0.2, -0.15) is 5.10 Å². The molecule has 2 rings (SSSR count). The molecule has 0 atom stereocenters. The van der Waals surface area contributed by atoms with E-state index in [1.54, 1.807) is 0 Å². The van der Waals surface area contributed by atoms with Gasteiger partial charge in [0.15, 0.2) is 5.11 Å². The number of nitrogens with zero attached hydrogens (tertiary/aromatic N) is 1. The molecule has 0 saturated carbocycles. The van der Waals surface area contributed by atoms with Gasteiger partial charge in [0.2, 0.25) is 0 Å². The molecule has 5 heteroatoms. The quantitative estimate of drug-likeness (QED) is 0.502. The van der Waals surface area contributed by atoms with Crippen LogP contribution in [0.4, 0.5) is 5.69 Å². The summed E-state index contributed by atoms with van der Waals surface area (Å²) >= 11 is 11.1. The van der Waals surface area contributed by atoms with E-state index in [0.717, 1.165) is 17.0 Å². The number of hydrogen-bond donors (Lipinski definition) is 2. The zero-order chi connectivity index (χ0) is 15.2. The summed E-state index contributed by atoms with van der Waals surface area (Å²) in [6.07, 6.45) is 0. The molecule has 0 aliphatic heterocycles. The number of thiocarbonyl (C=S) groups is 1. The average molecular weight is 318 g/mol. The van der Waals surface area contributed by atoms with Gasteiger partial charge in [-0.1, -0.05) is 41.4 Å². The molecule has 0 heterocycles. The van der Waals surface area contributed by atoms with Crippen LogP contribution in [-0.2, 0) is 0 Å². The van der Waals surface area contributed by atoms with Gasteiger partial charge < -0.3 is 5.32 Å². The van der Waals surface area contributed by atoms with Gasteiger partial charge in [0.05, 0.1) is 5.71 Å². The third-order valence-corrected chi connectivity index (χ3v) is 3.34. The van der Waals surface area contributed by atoms with Gasteiger partial charge >= 0.3 is 0 Å². The third-order valence-electron chi connectivity index (χ3n) is 2.90. The van der Waals surface area contributed by atoms with Gasteiger partial charge in [-0.3, -0.25) is 5.43 Å². The van der Waals surface area contributed by atoms with Crippen molar-refractivity contribution in [1.82, 2.24) is 5.43 Å². The lowest BCUT2D eigenvalue weighted by Crippen LogP contribution is -2.24. The summed E-state index contributed by atoms with van der Waals surface area (Å²) in [5.41, 5.74) is 6.79. The fourth-order valence-electron chi connectivity index (χ4n) is 1.69. The largest absolute Gasteiger partial charge is 0.331 e. The summed E-state index contributed by atoms with van der Waals surface area (Å²) in [5.74, 6) is 0. The molecule has 21 heavy (non-hydrogen) atoms. The van der Waals surface area contributed by atoms with E-state index in [2.05, 4.69) is 15.8 Å². The lowest BCUT2D eigenvalue weighted by molar-refractivity contribution is 1.04. The molecule has 108 valence electrons. The summed E-state index contributed by atoms with van der Waals surface area (Å²) in [4.78, 5) is 0. The van der Waals surface area contributed by atoms with Crippen molar-refractivity contribution in [1.29, 1.82) is 0 Å². The fourth-order valence-corrected chi connectivity index (χ4v) is 1.98. The molecule has 0 aromatic heterocycles. The summed E-state index contributed by atoms with van der Waals surface area (Å²) < 4.78 is 0. The Morgan fingerprint density at radius 2 is 1.67 bits per heavy atom. The van der Waals surface area contributed by atoms with Crippen LogP contribution >= 0.6 is 23.8 Å². The molecule has 0 bridgehead atoms. The predicted octanol–water partition coefficient (Wildman–Crippen LogP) is 4.36. The Bertz CT molecular complexity index is 648. The summed E-state index contributed by atoms with van der Waals surface area (Å²) in [5, 5.41) is 8.49. The molecule has 0 spiro atoms. The first kappa shape index (κ1) is 15.5. The summed E-state index contributed by atoms with van der Waals surface area (Å²) in [7, 11) is 0. The molecule has 0 fully saturated rings. The maximum absolute atomic E-state index is 5.86. The molecule has 2 N–H and O–H groups in total. The molecule has 0 unspecified atom stereocenters. The number of hydrazone groups is 1. The minimum absolute atomic E-state index is 0.451. The van der Waals surface area contributed by atoms with Crippen LogP contribution in [0.15, 0.2) is 53.6 Å². The van der Waals surface area contributed by atoms with E-state index >= 15 is 0 Å². The van der Waals surface area contributed by atoms with E-state index in [9.17, 15) is 0 Å². The number of anilines is 1. The Hall–Kier alpha value is -1.91. The van der Waals surface area contributed by atoms with Crippen LogP contribution in [0.1, 0.15) is 18.1 Å². The van der Waals surface area contributed by atoms with E-state index in [-0.39, 0.29) is 0 Å². The Kier molecular flexibility index (Phi) is 5.31. The number of hydrogen-bond acceptors (Lipinski definition) is 2. The molecular formula is C16H16ClN3S. The third kappa shape index (κ3) is 4.85. The number of aryl methyl sites for hydroxylation is 1. The van der Waals surface area contributed by atoms with Gasteiger partial charge in [-0.25, -0.2) is 0 Å². The molecule has 3 nitrogen and oxygen atoms in total. The first-order valence-corrected chi connectivity index (χ1v) is 7.27. The molecule has 0 radical (unpaired) electrons. The number of benzene rings is 2. The van der Waals surface area contributed by atoms with Crippen molar-refractivity contribution in [3.63, 3.8) is 0 Å². The van der Waals surface area contributed by atoms with Gasteiger partial charge in [0.25, 0.3) is 0 Å². The monoisotopic (exact) mass is 317 g/mol. The fraction of sp³-hybridized carbons (Fsp3) is 0.125. The SMILES string of the molecule is C/C(=N/NC(=S)Nc1ccc(C)cc1)c1ccc(Cl)cc1. The number of rotatable bonds is 3. The van der Waals surface area contributed by atoms with Crippen LogP contribution in [0.3, 0.4) is 0 Å². The molecule has 2 aromatic rings. The highest BCUT2D eigenvalue weighted by molar-refractivity contribution is 7.80. The van der Waals surface area contributed by atoms with E-state index < -0.39 is 0 Å². The first-order valence-electron chi connectivity index (χ1n) is 6.48. The number of halogens is 1. The minimum atomic E-state index is 0.451. The maximum Gasteiger partial charge on any atom is 0.191 e. The van der Waals surface area contributed by atoms with Crippen molar-refractivity contribution < 1.29 is 0 Å². The highest BCUT2D eigenvalue weighted by Gasteiger charge is 1.99. The first-order chi connectivity index (χ1) is 10.0. The molecule has 0 aliphatic rings. The Morgan fingerprint density at radius 3 is 2.29 bits per heavy atom. The zero-order valence-electron chi connectivity index (χ0n) is 11.9. The van der Waals surface area contributed by atoms with Crippen LogP contribution in [-0.4, -0.2) is 10.8 Å². The molecule has 0 amide bonds. The Labute approximate surface area is 135 Å². The smallest absolute Gasteiger partial charge is 0.191 e. The van der Waals surface area contributed by atoms with Crippen LogP contribution in [0, 0.1) is 6.92 Å². The highest BCUT2D eigenvalue weighted by Crippen LogP contribution is 2.10. The van der Waals surface area contributed by atoms with Crippen molar-refractivity contribution in [2.24, 2.45) is 5.10 Å². The van der Waals surface area contributed by atoms with Crippen molar-refractivity contribution in [2.45, 2.75) is 13.8 Å². The van der Waals surface area contributed by atoms with Gasteiger partial charge in [-0.15, -0.1) is 0 Å². The van der Waals surface area contributed by atoms with Crippen LogP contribution in [0.2, 0.25) is 5.02 Å². The summed E-state index contributed by atoms with van der Waals surface area (Å²) in [6, 6.07) is 15.5. The van der Waals surface area contributed by atoms with Gasteiger partial charge in [0.1, 0.15) is 0 Å². The standard InChI is InChI=1S/C16H16ClN3S/c1-11-3-9-15(10-4-11)18-16(21)20-19-12(2)13-5-7-14(17)8-6-13/h3-10H,1-2H3,(H2,18,20,21)/b19-12-. The molecule has 2 aromatic carbocycles. The lowest BCUT2D eigenvalue weighted by Gasteiger charge is -2.08. The molecule has 0 saturated heterocycles. The molecule has 0 aliphatic carbocycles. The Morgan fingerprint density at radius 1 is 1.05 bits per heavy atom. The van der Waals surface area contributed by atoms with Crippen LogP contribution < -0.4 is 10.7 Å². The van der Waals surface area contributed by atoms with Gasteiger partial charge in [0, 0.05) is 10.7 Å². The van der Waals surface area contributed by atoms with Crippen molar-refractivity contribution in [3.8, 4) is 0 Å². The lowest BCUT2D eigenvalue weighted by atomic mass is 10.1. The van der Waals surface area contributed by atoms with E-state index in [0.29, 0.717) is 10.1 Å². The average Bonchev–Trinajstić information content (AvgIpc) is 2.48. The normalized spacial score (nSPS) is 11.1. The van der Waals surface area contributed by atoms with Crippen molar-refractivity contribution in [3.05, 3.63) is 64.7 Å². The number of nitrogens with one attached hydrogen (secondary N) is 2.